The minimum Gasteiger partial charge on any atom is -0.382 e. The smallest absolute Gasteiger partial charge is 0.151 e. The molecule has 5 nitrogen and oxygen atoms in total. The van der Waals surface area contributed by atoms with Crippen molar-refractivity contribution in [3.63, 3.8) is 0 Å². The van der Waals surface area contributed by atoms with Gasteiger partial charge in [-0.25, -0.2) is 9.97 Å². The van der Waals surface area contributed by atoms with E-state index < -0.39 is 0 Å². The molecule has 5 heteroatoms. The molecule has 0 radical (unpaired) electrons. The second kappa shape index (κ2) is 4.94. The van der Waals surface area contributed by atoms with Crippen molar-refractivity contribution < 1.29 is 0 Å². The van der Waals surface area contributed by atoms with E-state index in [1.165, 1.54) is 19.3 Å². The van der Waals surface area contributed by atoms with E-state index in [0.29, 0.717) is 5.82 Å². The lowest BCUT2D eigenvalue weighted by Crippen LogP contribution is -2.28. The molecule has 3 heterocycles. The van der Waals surface area contributed by atoms with Crippen LogP contribution in [0.1, 0.15) is 19.3 Å². The second-order valence-electron chi connectivity index (χ2n) is 4.98. The summed E-state index contributed by atoms with van der Waals surface area (Å²) in [5.41, 5.74) is 7.73. The summed E-state index contributed by atoms with van der Waals surface area (Å²) in [6.07, 6.45) is 7.42. The highest BCUT2D eigenvalue weighted by Gasteiger charge is 2.13. The molecule has 0 amide bonds. The van der Waals surface area contributed by atoms with Crippen LogP contribution >= 0.6 is 0 Å². The number of aryl methyl sites for hydroxylation is 1. The molecule has 2 aromatic heterocycles. The van der Waals surface area contributed by atoms with Gasteiger partial charge in [0, 0.05) is 12.7 Å². The summed E-state index contributed by atoms with van der Waals surface area (Å²) in [6.45, 7) is 3.34. The van der Waals surface area contributed by atoms with E-state index in [0.717, 1.165) is 36.6 Å². The fourth-order valence-corrected chi connectivity index (χ4v) is 2.68. The number of anilines is 1. The number of nitrogens with one attached hydrogen (secondary N) is 1. The Labute approximate surface area is 106 Å². The first-order valence-electron chi connectivity index (χ1n) is 6.60. The SMILES string of the molecule is Nc1nccc2c1ncn2CCC1CCNCC1. The molecule has 0 unspecified atom stereocenters. The van der Waals surface area contributed by atoms with E-state index in [4.69, 9.17) is 5.73 Å². The molecule has 3 N–H and O–H groups in total. The number of hydrogen-bond acceptors (Lipinski definition) is 4. The number of fused-ring (bicyclic) bond motifs is 1. The lowest BCUT2D eigenvalue weighted by Gasteiger charge is -2.22. The zero-order valence-corrected chi connectivity index (χ0v) is 10.5. The third-order valence-electron chi connectivity index (χ3n) is 3.80. The van der Waals surface area contributed by atoms with E-state index in [2.05, 4.69) is 19.9 Å². The summed E-state index contributed by atoms with van der Waals surface area (Å²) in [6, 6.07) is 1.99. The molecule has 1 saturated heterocycles. The van der Waals surface area contributed by atoms with E-state index >= 15 is 0 Å². The molecule has 18 heavy (non-hydrogen) atoms. The number of aromatic nitrogens is 3. The normalized spacial score (nSPS) is 17.3. The molecule has 1 aliphatic rings. The van der Waals surface area contributed by atoms with Crippen LogP contribution in [0.4, 0.5) is 5.82 Å². The quantitative estimate of drug-likeness (QED) is 0.857. The van der Waals surface area contributed by atoms with Gasteiger partial charge in [0.1, 0.15) is 5.52 Å². The van der Waals surface area contributed by atoms with Crippen LogP contribution < -0.4 is 11.1 Å². The average Bonchev–Trinajstić information content (AvgIpc) is 2.82. The van der Waals surface area contributed by atoms with Crippen LogP contribution in [0, 0.1) is 5.92 Å². The maximum atomic E-state index is 5.81. The zero-order valence-electron chi connectivity index (χ0n) is 10.5. The van der Waals surface area contributed by atoms with E-state index in [1.807, 2.05) is 12.4 Å². The number of imidazole rings is 1. The van der Waals surface area contributed by atoms with Crippen LogP contribution in [-0.2, 0) is 6.54 Å². The Hall–Kier alpha value is -1.62. The third kappa shape index (κ3) is 2.18. The number of nitrogens with zero attached hydrogens (tertiary/aromatic N) is 3. The van der Waals surface area contributed by atoms with Gasteiger partial charge < -0.3 is 15.6 Å². The summed E-state index contributed by atoms with van der Waals surface area (Å²) >= 11 is 0. The first-order chi connectivity index (χ1) is 8.84. The standard InChI is InChI=1S/C13H19N5/c14-13-12-11(3-7-16-13)18(9-17-12)8-4-10-1-5-15-6-2-10/h3,7,9-10,15H,1-2,4-6,8H2,(H2,14,16). The Morgan fingerprint density at radius 3 is 3.00 bits per heavy atom. The minimum absolute atomic E-state index is 0.521. The van der Waals surface area contributed by atoms with Gasteiger partial charge in [-0.15, -0.1) is 0 Å². The highest BCUT2D eigenvalue weighted by Crippen LogP contribution is 2.20. The lowest BCUT2D eigenvalue weighted by molar-refractivity contribution is 0.339. The molecular formula is C13H19N5. The van der Waals surface area contributed by atoms with Crippen LogP contribution in [0.25, 0.3) is 11.0 Å². The molecule has 0 spiro atoms. The Morgan fingerprint density at radius 1 is 1.33 bits per heavy atom. The van der Waals surface area contributed by atoms with Crippen molar-refractivity contribution in [1.29, 1.82) is 0 Å². The molecule has 0 atom stereocenters. The van der Waals surface area contributed by atoms with E-state index in [-0.39, 0.29) is 0 Å². The summed E-state index contributed by atoms with van der Waals surface area (Å²) in [7, 11) is 0. The summed E-state index contributed by atoms with van der Waals surface area (Å²) < 4.78 is 2.19. The largest absolute Gasteiger partial charge is 0.382 e. The molecule has 0 aliphatic carbocycles. The number of rotatable bonds is 3. The first-order valence-corrected chi connectivity index (χ1v) is 6.60. The fraction of sp³-hybridized carbons (Fsp3) is 0.538. The Morgan fingerprint density at radius 2 is 2.17 bits per heavy atom. The van der Waals surface area contributed by atoms with Gasteiger partial charge in [-0.2, -0.15) is 0 Å². The van der Waals surface area contributed by atoms with Crippen LogP contribution in [0.15, 0.2) is 18.6 Å². The van der Waals surface area contributed by atoms with Gasteiger partial charge in [0.15, 0.2) is 5.82 Å². The molecule has 1 fully saturated rings. The molecule has 0 bridgehead atoms. The molecule has 0 saturated carbocycles. The van der Waals surface area contributed by atoms with Gasteiger partial charge in [0.25, 0.3) is 0 Å². The zero-order chi connectivity index (χ0) is 12.4. The third-order valence-corrected chi connectivity index (χ3v) is 3.80. The van der Waals surface area contributed by atoms with Gasteiger partial charge in [-0.1, -0.05) is 0 Å². The van der Waals surface area contributed by atoms with Crippen molar-refractivity contribution in [3.05, 3.63) is 18.6 Å². The van der Waals surface area contributed by atoms with Crippen molar-refractivity contribution in [1.82, 2.24) is 19.9 Å². The molecule has 2 aromatic rings. The summed E-state index contributed by atoms with van der Waals surface area (Å²) in [4.78, 5) is 8.41. The minimum atomic E-state index is 0.521. The maximum Gasteiger partial charge on any atom is 0.151 e. The molecule has 1 aliphatic heterocycles. The van der Waals surface area contributed by atoms with Crippen molar-refractivity contribution in [2.75, 3.05) is 18.8 Å². The number of nitrogen functional groups attached to an aromatic ring is 1. The lowest BCUT2D eigenvalue weighted by atomic mass is 9.95. The predicted octanol–water partition coefficient (Wildman–Crippen LogP) is 1.40. The Bertz CT molecular complexity index is 527. The van der Waals surface area contributed by atoms with Crippen molar-refractivity contribution in [2.45, 2.75) is 25.8 Å². The van der Waals surface area contributed by atoms with Gasteiger partial charge in [0.05, 0.1) is 11.8 Å². The average molecular weight is 245 g/mol. The van der Waals surface area contributed by atoms with E-state index in [9.17, 15) is 0 Å². The van der Waals surface area contributed by atoms with Crippen LogP contribution in [0.5, 0.6) is 0 Å². The van der Waals surface area contributed by atoms with E-state index in [1.54, 1.807) is 6.20 Å². The van der Waals surface area contributed by atoms with Gasteiger partial charge in [-0.3, -0.25) is 0 Å². The monoisotopic (exact) mass is 245 g/mol. The summed E-state index contributed by atoms with van der Waals surface area (Å²) in [5.74, 6) is 1.36. The maximum absolute atomic E-state index is 5.81. The molecular weight excluding hydrogens is 226 g/mol. The number of pyridine rings is 1. The van der Waals surface area contributed by atoms with Crippen molar-refractivity contribution >= 4 is 16.9 Å². The van der Waals surface area contributed by atoms with Gasteiger partial charge in [0.2, 0.25) is 0 Å². The highest BCUT2D eigenvalue weighted by atomic mass is 15.1. The topological polar surface area (TPSA) is 68.8 Å². The van der Waals surface area contributed by atoms with Gasteiger partial charge >= 0.3 is 0 Å². The van der Waals surface area contributed by atoms with Crippen LogP contribution in [-0.4, -0.2) is 27.6 Å². The van der Waals surface area contributed by atoms with Crippen molar-refractivity contribution in [3.8, 4) is 0 Å². The Kier molecular flexibility index (Phi) is 3.15. The molecule has 3 rings (SSSR count). The van der Waals surface area contributed by atoms with Gasteiger partial charge in [-0.05, 0) is 44.3 Å². The fourth-order valence-electron chi connectivity index (χ4n) is 2.68. The number of piperidine rings is 1. The van der Waals surface area contributed by atoms with Crippen molar-refractivity contribution in [2.24, 2.45) is 5.92 Å². The summed E-state index contributed by atoms with van der Waals surface area (Å²) in [5, 5.41) is 3.40. The number of hydrogen-bond donors (Lipinski definition) is 2. The first kappa shape index (κ1) is 11.5. The Balaban J connectivity index is 1.72. The van der Waals surface area contributed by atoms with Crippen LogP contribution in [0.2, 0.25) is 0 Å². The highest BCUT2D eigenvalue weighted by molar-refractivity contribution is 5.84. The molecule has 0 aromatic carbocycles. The number of nitrogens with two attached hydrogens (primary N) is 1. The molecule has 96 valence electrons. The van der Waals surface area contributed by atoms with Crippen LogP contribution in [0.3, 0.4) is 0 Å². The predicted molar refractivity (Wildman–Crippen MR) is 72.2 cm³/mol. The second-order valence-corrected chi connectivity index (χ2v) is 4.98.